The smallest absolute Gasteiger partial charge is 0.306 e. The molecule has 0 aromatic heterocycles. The van der Waals surface area contributed by atoms with E-state index in [1.54, 1.807) is 0 Å². The molecular formula is C10H15IO2. The lowest BCUT2D eigenvalue weighted by Gasteiger charge is -2.45. The Balaban J connectivity index is 2.37. The second-order valence-electron chi connectivity index (χ2n) is 4.76. The summed E-state index contributed by atoms with van der Waals surface area (Å²) < 4.78 is 6.51. The van der Waals surface area contributed by atoms with E-state index in [0.29, 0.717) is 12.3 Å². The molecule has 0 radical (unpaired) electrons. The Labute approximate surface area is 92.5 Å². The molecule has 1 heterocycles. The van der Waals surface area contributed by atoms with Crippen molar-refractivity contribution in [3.05, 3.63) is 0 Å². The minimum atomic E-state index is -0.159. The van der Waals surface area contributed by atoms with Crippen LogP contribution in [-0.2, 0) is 9.53 Å². The van der Waals surface area contributed by atoms with Crippen molar-refractivity contribution in [1.29, 1.82) is 0 Å². The van der Waals surface area contributed by atoms with E-state index in [0.717, 1.165) is 17.3 Å². The lowest BCUT2D eigenvalue weighted by atomic mass is 9.70. The Morgan fingerprint density at radius 2 is 2.31 bits per heavy atom. The van der Waals surface area contributed by atoms with Crippen LogP contribution in [0, 0.1) is 11.3 Å². The largest absolute Gasteiger partial charge is 0.458 e. The highest BCUT2D eigenvalue weighted by Gasteiger charge is 2.59. The van der Waals surface area contributed by atoms with E-state index in [9.17, 15) is 4.79 Å². The Morgan fingerprint density at radius 1 is 1.62 bits per heavy atom. The van der Waals surface area contributed by atoms with Gasteiger partial charge in [0.1, 0.15) is 5.60 Å². The fourth-order valence-corrected chi connectivity index (χ4v) is 4.25. The molecule has 13 heavy (non-hydrogen) atoms. The summed E-state index contributed by atoms with van der Waals surface area (Å²) in [5.74, 6) is 0.557. The van der Waals surface area contributed by atoms with E-state index in [1.165, 1.54) is 0 Å². The molecular weight excluding hydrogens is 279 g/mol. The van der Waals surface area contributed by atoms with Crippen molar-refractivity contribution in [1.82, 2.24) is 0 Å². The summed E-state index contributed by atoms with van der Waals surface area (Å²) in [5.41, 5.74) is 0.0235. The first kappa shape index (κ1) is 9.74. The summed E-state index contributed by atoms with van der Waals surface area (Å²) in [6, 6.07) is 0. The molecule has 0 unspecified atom stereocenters. The third-order valence-electron chi connectivity index (χ3n) is 4.03. The van der Waals surface area contributed by atoms with Crippen molar-refractivity contribution in [3.8, 4) is 0 Å². The van der Waals surface area contributed by atoms with Gasteiger partial charge in [-0.2, -0.15) is 0 Å². The number of ether oxygens (including phenoxy) is 1. The van der Waals surface area contributed by atoms with Gasteiger partial charge in [0.25, 0.3) is 0 Å². The van der Waals surface area contributed by atoms with Crippen molar-refractivity contribution in [2.45, 2.75) is 38.7 Å². The summed E-state index contributed by atoms with van der Waals surface area (Å²) in [7, 11) is 0. The van der Waals surface area contributed by atoms with E-state index in [4.69, 9.17) is 4.74 Å². The highest BCUT2D eigenvalue weighted by Crippen LogP contribution is 2.57. The molecule has 1 aliphatic heterocycles. The third kappa shape index (κ3) is 1.15. The number of fused-ring (bicyclic) bond motifs is 2. The van der Waals surface area contributed by atoms with Gasteiger partial charge in [-0.05, 0) is 18.8 Å². The minimum absolute atomic E-state index is 0.0125. The van der Waals surface area contributed by atoms with Crippen molar-refractivity contribution in [2.24, 2.45) is 11.3 Å². The summed E-state index contributed by atoms with van der Waals surface area (Å²) >= 11 is 2.34. The van der Waals surface area contributed by atoms with Gasteiger partial charge in [-0.25, -0.2) is 0 Å². The molecule has 74 valence electrons. The van der Waals surface area contributed by atoms with E-state index in [1.807, 2.05) is 0 Å². The first-order valence-corrected chi connectivity index (χ1v) is 6.32. The van der Waals surface area contributed by atoms with Crippen molar-refractivity contribution in [2.75, 3.05) is 4.43 Å². The topological polar surface area (TPSA) is 26.3 Å². The zero-order valence-electron chi connectivity index (χ0n) is 8.10. The first-order valence-electron chi connectivity index (χ1n) is 4.80. The van der Waals surface area contributed by atoms with E-state index >= 15 is 0 Å². The maximum Gasteiger partial charge on any atom is 0.306 e. The standard InChI is InChI=1S/C10H15IO2/c1-9(2)7-3-4-10(9,6-11)13-8(12)5-7/h7H,3-6H2,1-2H3/t7-,10+/m1/s1. The van der Waals surface area contributed by atoms with Crippen LogP contribution in [0.2, 0.25) is 0 Å². The molecule has 1 saturated carbocycles. The van der Waals surface area contributed by atoms with Crippen molar-refractivity contribution in [3.63, 3.8) is 0 Å². The van der Waals surface area contributed by atoms with Crippen molar-refractivity contribution >= 4 is 28.6 Å². The number of hydrogen-bond acceptors (Lipinski definition) is 2. The number of esters is 1. The lowest BCUT2D eigenvalue weighted by Crippen LogP contribution is -2.52. The Morgan fingerprint density at radius 3 is 2.92 bits per heavy atom. The molecule has 2 bridgehead atoms. The average Bonchev–Trinajstić information content (AvgIpc) is 2.23. The van der Waals surface area contributed by atoms with Crippen LogP contribution < -0.4 is 0 Å². The molecule has 1 aliphatic carbocycles. The number of carbonyl (C=O) groups is 1. The Hall–Kier alpha value is 0.200. The molecule has 0 amide bonds. The predicted molar refractivity (Wildman–Crippen MR) is 58.8 cm³/mol. The molecule has 2 nitrogen and oxygen atoms in total. The maximum atomic E-state index is 11.4. The Bertz CT molecular complexity index is 249. The molecule has 2 atom stereocenters. The highest BCUT2D eigenvalue weighted by molar-refractivity contribution is 14.1. The second kappa shape index (κ2) is 2.84. The second-order valence-corrected chi connectivity index (χ2v) is 5.53. The maximum absolute atomic E-state index is 11.4. The quantitative estimate of drug-likeness (QED) is 0.422. The number of carbonyl (C=O) groups excluding carboxylic acids is 1. The first-order chi connectivity index (χ1) is 6.02. The van der Waals surface area contributed by atoms with Gasteiger partial charge in [-0.3, -0.25) is 4.79 Å². The molecule has 3 heteroatoms. The van der Waals surface area contributed by atoms with E-state index in [2.05, 4.69) is 36.4 Å². The Kier molecular flexibility index (Phi) is 2.13. The number of alkyl halides is 1. The molecule has 2 aliphatic rings. The van der Waals surface area contributed by atoms with Crippen molar-refractivity contribution < 1.29 is 9.53 Å². The van der Waals surface area contributed by atoms with Crippen LogP contribution in [0.4, 0.5) is 0 Å². The van der Waals surface area contributed by atoms with Gasteiger partial charge in [0.2, 0.25) is 0 Å². The van der Waals surface area contributed by atoms with Gasteiger partial charge in [0.15, 0.2) is 0 Å². The molecule has 2 fully saturated rings. The minimum Gasteiger partial charge on any atom is -0.458 e. The predicted octanol–water partition coefficient (Wildman–Crippen LogP) is 2.54. The number of hydrogen-bond donors (Lipinski definition) is 0. The lowest BCUT2D eigenvalue weighted by molar-refractivity contribution is -0.180. The normalized spacial score (nSPS) is 41.8. The van der Waals surface area contributed by atoms with Crippen LogP contribution in [0.1, 0.15) is 33.1 Å². The number of rotatable bonds is 1. The van der Waals surface area contributed by atoms with E-state index in [-0.39, 0.29) is 17.0 Å². The zero-order valence-corrected chi connectivity index (χ0v) is 10.3. The SMILES string of the molecule is CC1(C)[C@@H]2CC[C@@]1(CI)OC(=O)C2. The summed E-state index contributed by atoms with van der Waals surface area (Å²) in [5, 5.41) is 0. The van der Waals surface area contributed by atoms with Gasteiger partial charge in [-0.15, -0.1) is 0 Å². The van der Waals surface area contributed by atoms with Crippen LogP contribution in [0.25, 0.3) is 0 Å². The summed E-state index contributed by atoms with van der Waals surface area (Å²) in [6.45, 7) is 4.49. The van der Waals surface area contributed by atoms with Crippen LogP contribution in [0.5, 0.6) is 0 Å². The molecule has 2 rings (SSSR count). The van der Waals surface area contributed by atoms with Gasteiger partial charge in [0.05, 0.1) is 0 Å². The van der Waals surface area contributed by atoms with Crippen LogP contribution in [-0.4, -0.2) is 16.0 Å². The molecule has 0 aromatic rings. The summed E-state index contributed by atoms with van der Waals surface area (Å²) in [4.78, 5) is 11.4. The van der Waals surface area contributed by atoms with Crippen LogP contribution in [0.3, 0.4) is 0 Å². The van der Waals surface area contributed by atoms with Gasteiger partial charge in [0, 0.05) is 16.3 Å². The monoisotopic (exact) mass is 294 g/mol. The van der Waals surface area contributed by atoms with E-state index < -0.39 is 0 Å². The molecule has 0 aromatic carbocycles. The molecule has 0 N–H and O–H groups in total. The fourth-order valence-electron chi connectivity index (χ4n) is 2.73. The van der Waals surface area contributed by atoms with Gasteiger partial charge in [-0.1, -0.05) is 36.4 Å². The van der Waals surface area contributed by atoms with Crippen LogP contribution in [0.15, 0.2) is 0 Å². The third-order valence-corrected chi connectivity index (χ3v) is 5.26. The highest BCUT2D eigenvalue weighted by atomic mass is 127. The van der Waals surface area contributed by atoms with Gasteiger partial charge < -0.3 is 4.74 Å². The average molecular weight is 294 g/mol. The zero-order chi connectivity index (χ0) is 9.69. The van der Waals surface area contributed by atoms with Crippen LogP contribution >= 0.6 is 22.6 Å². The fraction of sp³-hybridized carbons (Fsp3) is 0.900. The van der Waals surface area contributed by atoms with Gasteiger partial charge >= 0.3 is 5.97 Å². The summed E-state index contributed by atoms with van der Waals surface area (Å²) in [6.07, 6.45) is 2.84. The molecule has 1 saturated heterocycles. The molecule has 0 spiro atoms. The number of halogens is 1.